The van der Waals surface area contributed by atoms with Crippen molar-refractivity contribution in [2.45, 2.75) is 31.9 Å². The van der Waals surface area contributed by atoms with E-state index in [1.54, 1.807) is 6.07 Å². The molecule has 1 N–H and O–H groups in total. The van der Waals surface area contributed by atoms with Crippen LogP contribution in [-0.2, 0) is 11.6 Å². The van der Waals surface area contributed by atoms with E-state index in [2.05, 4.69) is 19.9 Å². The number of rotatable bonds is 5. The van der Waals surface area contributed by atoms with E-state index in [1.165, 1.54) is 26.2 Å². The summed E-state index contributed by atoms with van der Waals surface area (Å²) >= 11 is 0. The maximum Gasteiger partial charge on any atom is 0.416 e. The van der Waals surface area contributed by atoms with E-state index in [-0.39, 0.29) is 29.3 Å². The Morgan fingerprint density at radius 1 is 1.10 bits per heavy atom. The summed E-state index contributed by atoms with van der Waals surface area (Å²) < 4.78 is 52.7. The summed E-state index contributed by atoms with van der Waals surface area (Å²) in [5.41, 5.74) is -3.11. The molecule has 0 radical (unpaired) electrons. The molecular weight excluding hydrogens is 404 g/mol. The first-order chi connectivity index (χ1) is 14.0. The third-order valence-corrected chi connectivity index (χ3v) is 4.43. The number of alkyl halides is 3. The Balaban J connectivity index is 1.90. The van der Waals surface area contributed by atoms with Crippen molar-refractivity contribution in [1.29, 1.82) is 0 Å². The number of nitrogens with one attached hydrogen (secondary N) is 1. The minimum Gasteiger partial charge on any atom is -0.304 e. The Hall–Kier alpha value is -3.43. The van der Waals surface area contributed by atoms with Gasteiger partial charge in [-0.2, -0.15) is 13.2 Å². The quantitative estimate of drug-likeness (QED) is 0.499. The van der Waals surface area contributed by atoms with Gasteiger partial charge in [0.1, 0.15) is 11.5 Å². The van der Waals surface area contributed by atoms with E-state index in [4.69, 9.17) is 0 Å². The highest BCUT2D eigenvalue weighted by Crippen LogP contribution is 2.35. The van der Waals surface area contributed by atoms with Gasteiger partial charge in [0.25, 0.3) is 5.56 Å². The van der Waals surface area contributed by atoms with Crippen molar-refractivity contribution in [2.75, 3.05) is 0 Å². The summed E-state index contributed by atoms with van der Waals surface area (Å²) in [6, 6.07) is 4.74. The number of H-pyrrole nitrogens is 1. The summed E-state index contributed by atoms with van der Waals surface area (Å²) in [6.45, 7) is 3.04. The Labute approximate surface area is 168 Å². The number of carbonyl (C=O) groups is 1. The van der Waals surface area contributed by atoms with Crippen molar-refractivity contribution < 1.29 is 22.4 Å². The van der Waals surface area contributed by atoms with E-state index >= 15 is 0 Å². The molecule has 0 aliphatic rings. The molecule has 0 bridgehead atoms. The normalized spacial score (nSPS) is 12.1. The monoisotopic (exact) mass is 420 g/mol. The van der Waals surface area contributed by atoms with Gasteiger partial charge < -0.3 is 4.98 Å². The van der Waals surface area contributed by atoms with Gasteiger partial charge in [0.05, 0.1) is 5.56 Å². The topological polar surface area (TPSA) is 88.6 Å². The van der Waals surface area contributed by atoms with Crippen molar-refractivity contribution in [3.63, 3.8) is 0 Å². The average Bonchev–Trinajstić information content (AvgIpc) is 2.67. The van der Waals surface area contributed by atoms with Crippen LogP contribution in [-0.4, -0.2) is 25.7 Å². The highest BCUT2D eigenvalue weighted by molar-refractivity contribution is 5.95. The van der Waals surface area contributed by atoms with Gasteiger partial charge in [0.2, 0.25) is 0 Å². The average molecular weight is 420 g/mol. The number of nitrogens with zero attached hydrogens (tertiary/aromatic N) is 3. The van der Waals surface area contributed by atoms with Gasteiger partial charge in [0, 0.05) is 24.9 Å². The van der Waals surface area contributed by atoms with Crippen molar-refractivity contribution in [2.24, 2.45) is 0 Å². The maximum atomic E-state index is 14.4. The van der Waals surface area contributed by atoms with Crippen molar-refractivity contribution >= 4 is 5.78 Å². The van der Waals surface area contributed by atoms with Gasteiger partial charge >= 0.3 is 6.18 Å². The van der Waals surface area contributed by atoms with Crippen LogP contribution in [0.1, 0.15) is 41.9 Å². The van der Waals surface area contributed by atoms with E-state index in [0.29, 0.717) is 6.07 Å². The number of halogens is 4. The molecule has 0 atom stereocenters. The molecule has 30 heavy (non-hydrogen) atoms. The summed E-state index contributed by atoms with van der Waals surface area (Å²) in [5, 5.41) is 0. The van der Waals surface area contributed by atoms with E-state index in [1.807, 2.05) is 0 Å². The third kappa shape index (κ3) is 4.58. The zero-order valence-electron chi connectivity index (χ0n) is 15.9. The predicted octanol–water partition coefficient (Wildman–Crippen LogP) is 3.94. The van der Waals surface area contributed by atoms with E-state index < -0.39 is 34.3 Å². The molecule has 6 nitrogen and oxygen atoms in total. The molecule has 3 rings (SSSR count). The number of hydrogen-bond donors (Lipinski definition) is 1. The van der Waals surface area contributed by atoms with Crippen molar-refractivity contribution in [3.05, 3.63) is 75.7 Å². The zero-order chi connectivity index (χ0) is 22.1. The number of carbonyl (C=O) groups excluding carboxylic acids is 1. The highest BCUT2D eigenvalue weighted by Gasteiger charge is 2.34. The van der Waals surface area contributed by atoms with Gasteiger partial charge in [-0.3, -0.25) is 9.59 Å². The third-order valence-electron chi connectivity index (χ3n) is 4.43. The molecule has 0 saturated heterocycles. The van der Waals surface area contributed by atoms with Crippen LogP contribution in [0.3, 0.4) is 0 Å². The van der Waals surface area contributed by atoms with Crippen LogP contribution in [0.2, 0.25) is 0 Å². The van der Waals surface area contributed by atoms with Gasteiger partial charge in [-0.15, -0.1) is 0 Å². The first kappa shape index (κ1) is 21.3. The highest BCUT2D eigenvalue weighted by atomic mass is 19.4. The first-order valence-electron chi connectivity index (χ1n) is 8.76. The Kier molecular flexibility index (Phi) is 5.51. The molecule has 0 fully saturated rings. The fourth-order valence-corrected chi connectivity index (χ4v) is 2.96. The van der Waals surface area contributed by atoms with Gasteiger partial charge in [-0.1, -0.05) is 19.9 Å². The Bertz CT molecular complexity index is 1140. The van der Waals surface area contributed by atoms with Gasteiger partial charge in [0.15, 0.2) is 17.4 Å². The summed E-state index contributed by atoms with van der Waals surface area (Å²) in [7, 11) is 0. The molecule has 0 unspecified atom stereocenters. The number of aromatic amines is 1. The van der Waals surface area contributed by atoms with Crippen LogP contribution in [0, 0.1) is 5.82 Å². The SMILES string of the molecule is CC(C)(CC(=O)c1cc(=O)[nH]c(-c2ncccn2)n1)c1ccc(C(F)(F)F)cc1F. The number of benzene rings is 1. The van der Waals surface area contributed by atoms with Crippen LogP contribution in [0.5, 0.6) is 0 Å². The van der Waals surface area contributed by atoms with Crippen molar-refractivity contribution in [3.8, 4) is 11.6 Å². The molecule has 0 spiro atoms. The number of Topliss-reactive ketones (excluding diaryl/α,β-unsaturated/α-hetero) is 1. The Morgan fingerprint density at radius 2 is 1.77 bits per heavy atom. The molecule has 1 aromatic carbocycles. The molecule has 3 aromatic rings. The number of aromatic nitrogens is 4. The molecular formula is C20H16F4N4O2. The maximum absolute atomic E-state index is 14.4. The van der Waals surface area contributed by atoms with Crippen LogP contribution in [0.4, 0.5) is 17.6 Å². The molecule has 2 heterocycles. The lowest BCUT2D eigenvalue weighted by molar-refractivity contribution is -0.137. The molecule has 0 amide bonds. The molecule has 156 valence electrons. The number of hydrogen-bond acceptors (Lipinski definition) is 5. The second-order valence-electron chi connectivity index (χ2n) is 7.23. The van der Waals surface area contributed by atoms with Crippen LogP contribution >= 0.6 is 0 Å². The summed E-state index contributed by atoms with van der Waals surface area (Å²) in [4.78, 5) is 39.1. The lowest BCUT2D eigenvalue weighted by atomic mass is 9.79. The Morgan fingerprint density at radius 3 is 2.37 bits per heavy atom. The lowest BCUT2D eigenvalue weighted by Gasteiger charge is -2.25. The minimum absolute atomic E-state index is 0.00929. The molecule has 0 aliphatic carbocycles. The second kappa shape index (κ2) is 7.77. The van der Waals surface area contributed by atoms with Crippen LogP contribution in [0.15, 0.2) is 47.5 Å². The fraction of sp³-hybridized carbons (Fsp3) is 0.250. The van der Waals surface area contributed by atoms with E-state index in [9.17, 15) is 27.2 Å². The predicted molar refractivity (Wildman–Crippen MR) is 99.3 cm³/mol. The minimum atomic E-state index is -4.68. The fourth-order valence-electron chi connectivity index (χ4n) is 2.96. The van der Waals surface area contributed by atoms with E-state index in [0.717, 1.165) is 18.2 Å². The zero-order valence-corrected chi connectivity index (χ0v) is 15.9. The smallest absolute Gasteiger partial charge is 0.304 e. The standard InChI is InChI=1S/C20H16F4N4O2/c1-19(2,12-5-4-11(8-13(12)21)20(22,23)24)10-15(29)14-9-16(30)28-18(27-14)17-25-6-3-7-26-17/h3-9H,10H2,1-2H3,(H,27,28,30). The van der Waals surface area contributed by atoms with Gasteiger partial charge in [-0.05, 0) is 29.2 Å². The molecule has 0 aliphatic heterocycles. The molecule has 2 aromatic heterocycles. The largest absolute Gasteiger partial charge is 0.416 e. The van der Waals surface area contributed by atoms with Crippen LogP contribution in [0.25, 0.3) is 11.6 Å². The first-order valence-corrected chi connectivity index (χ1v) is 8.76. The summed E-state index contributed by atoms with van der Waals surface area (Å²) in [5.74, 6) is -1.55. The van der Waals surface area contributed by atoms with Crippen molar-refractivity contribution in [1.82, 2.24) is 19.9 Å². The van der Waals surface area contributed by atoms with Crippen LogP contribution < -0.4 is 5.56 Å². The lowest BCUT2D eigenvalue weighted by Crippen LogP contribution is -2.25. The number of ketones is 1. The molecule has 0 saturated carbocycles. The second-order valence-corrected chi connectivity index (χ2v) is 7.23. The van der Waals surface area contributed by atoms with Gasteiger partial charge in [-0.25, -0.2) is 19.3 Å². The summed E-state index contributed by atoms with van der Waals surface area (Å²) in [6.07, 6.45) is -2.09. The molecule has 10 heteroatoms.